The molecule has 1 amide bonds. The van der Waals surface area contributed by atoms with Crippen molar-refractivity contribution in [3.63, 3.8) is 0 Å². The molecule has 0 saturated carbocycles. The topological polar surface area (TPSA) is 88.1 Å². The molecule has 21 heavy (non-hydrogen) atoms. The highest BCUT2D eigenvalue weighted by Gasteiger charge is 2.21. The minimum absolute atomic E-state index is 0.0245. The Labute approximate surface area is 123 Å². The molecule has 6 nitrogen and oxygen atoms in total. The van der Waals surface area contributed by atoms with E-state index in [1.807, 2.05) is 0 Å². The van der Waals surface area contributed by atoms with Gasteiger partial charge in [-0.2, -0.15) is 0 Å². The van der Waals surface area contributed by atoms with Crippen LogP contribution in [0.3, 0.4) is 0 Å². The molecule has 0 radical (unpaired) electrons. The lowest BCUT2D eigenvalue weighted by Crippen LogP contribution is -2.39. The van der Waals surface area contributed by atoms with E-state index in [0.29, 0.717) is 12.3 Å². The van der Waals surface area contributed by atoms with Crippen LogP contribution in [0.1, 0.15) is 24.2 Å². The number of rotatable bonds is 6. The number of hydrogen-bond acceptors (Lipinski definition) is 4. The Balaban J connectivity index is 2.93. The zero-order valence-electron chi connectivity index (χ0n) is 12.3. The number of oxime groups is 1. The summed E-state index contributed by atoms with van der Waals surface area (Å²) < 4.78 is 18.8. The number of ether oxygens (including phenoxy) is 1. The van der Waals surface area contributed by atoms with Gasteiger partial charge in [-0.25, -0.2) is 4.39 Å². The minimum Gasteiger partial charge on any atom is -0.497 e. The maximum atomic E-state index is 13.9. The number of amidine groups is 1. The first-order valence-corrected chi connectivity index (χ1v) is 6.54. The Morgan fingerprint density at radius 2 is 2.24 bits per heavy atom. The van der Waals surface area contributed by atoms with Gasteiger partial charge in [0.2, 0.25) is 0 Å². The van der Waals surface area contributed by atoms with Crippen LogP contribution in [-0.2, 0) is 0 Å². The number of amides is 1. The molecule has 0 fully saturated rings. The molecule has 0 bridgehead atoms. The van der Waals surface area contributed by atoms with Crippen LogP contribution in [0.5, 0.6) is 5.75 Å². The lowest BCUT2D eigenvalue weighted by atomic mass is 10.1. The highest BCUT2D eigenvalue weighted by Crippen LogP contribution is 2.18. The third-order valence-corrected chi connectivity index (χ3v) is 3.19. The summed E-state index contributed by atoms with van der Waals surface area (Å²) in [5, 5.41) is 11.5. The molecule has 0 spiro atoms. The summed E-state index contributed by atoms with van der Waals surface area (Å²) >= 11 is 0. The Hall–Kier alpha value is -2.31. The maximum Gasteiger partial charge on any atom is 0.256 e. The van der Waals surface area contributed by atoms with Crippen LogP contribution in [0, 0.1) is 11.7 Å². The fourth-order valence-electron chi connectivity index (χ4n) is 1.84. The van der Waals surface area contributed by atoms with Crippen LogP contribution in [0.15, 0.2) is 23.4 Å². The third kappa shape index (κ3) is 4.08. The van der Waals surface area contributed by atoms with Crippen molar-refractivity contribution in [2.24, 2.45) is 16.8 Å². The first kappa shape index (κ1) is 16.7. The number of benzene rings is 1. The molecule has 1 unspecified atom stereocenters. The number of nitrogens with two attached hydrogens (primary N) is 1. The molecule has 0 heterocycles. The second-order valence-corrected chi connectivity index (χ2v) is 4.62. The Bertz CT molecular complexity index is 534. The molecule has 0 aliphatic carbocycles. The van der Waals surface area contributed by atoms with Crippen LogP contribution < -0.4 is 10.5 Å². The monoisotopic (exact) mass is 297 g/mol. The molecular weight excluding hydrogens is 277 g/mol. The molecular formula is C14H20FN3O3. The van der Waals surface area contributed by atoms with Gasteiger partial charge < -0.3 is 20.6 Å². The number of halogens is 1. The molecule has 1 aromatic carbocycles. The summed E-state index contributed by atoms with van der Waals surface area (Å²) in [5.74, 6) is -1.06. The molecule has 0 aliphatic rings. The lowest BCUT2D eigenvalue weighted by molar-refractivity contribution is 0.0749. The molecule has 0 aromatic heterocycles. The van der Waals surface area contributed by atoms with Gasteiger partial charge in [-0.1, -0.05) is 12.1 Å². The Morgan fingerprint density at radius 1 is 1.57 bits per heavy atom. The standard InChI is InChI=1S/C14H20FN3O3/c1-4-18(8-9(2)13(16)17-20)14(19)11-6-5-10(21-3)7-12(11)15/h5-7,9,20H,4,8H2,1-3H3,(H2,16,17). The van der Waals surface area contributed by atoms with Gasteiger partial charge in [0.05, 0.1) is 12.7 Å². The number of nitrogens with zero attached hydrogens (tertiary/aromatic N) is 2. The van der Waals surface area contributed by atoms with Crippen molar-refractivity contribution < 1.29 is 19.1 Å². The van der Waals surface area contributed by atoms with Gasteiger partial charge >= 0.3 is 0 Å². The van der Waals surface area contributed by atoms with Gasteiger partial charge in [-0.3, -0.25) is 4.79 Å². The van der Waals surface area contributed by atoms with E-state index >= 15 is 0 Å². The predicted octanol–water partition coefficient (Wildman–Crippen LogP) is 1.68. The molecule has 3 N–H and O–H groups in total. The number of carbonyl (C=O) groups is 1. The zero-order chi connectivity index (χ0) is 16.0. The van der Waals surface area contributed by atoms with Crippen LogP contribution in [0.2, 0.25) is 0 Å². The first-order valence-electron chi connectivity index (χ1n) is 6.54. The largest absolute Gasteiger partial charge is 0.497 e. The van der Waals surface area contributed by atoms with Gasteiger partial charge in [0.1, 0.15) is 17.4 Å². The SMILES string of the molecule is CCN(CC(C)/C(N)=N/O)C(=O)c1ccc(OC)cc1F. The lowest BCUT2D eigenvalue weighted by Gasteiger charge is -2.24. The van der Waals surface area contributed by atoms with E-state index in [-0.39, 0.29) is 23.9 Å². The third-order valence-electron chi connectivity index (χ3n) is 3.19. The summed E-state index contributed by atoms with van der Waals surface area (Å²) in [6, 6.07) is 4.07. The summed E-state index contributed by atoms with van der Waals surface area (Å²) in [6.07, 6.45) is 0. The van der Waals surface area contributed by atoms with Crippen molar-refractivity contribution >= 4 is 11.7 Å². The van der Waals surface area contributed by atoms with Gasteiger partial charge in [0, 0.05) is 25.1 Å². The highest BCUT2D eigenvalue weighted by molar-refractivity contribution is 5.95. The number of hydrogen-bond donors (Lipinski definition) is 2. The minimum atomic E-state index is -0.644. The van der Waals surface area contributed by atoms with Crippen LogP contribution in [-0.4, -0.2) is 42.0 Å². The van der Waals surface area contributed by atoms with E-state index in [4.69, 9.17) is 15.7 Å². The summed E-state index contributed by atoms with van der Waals surface area (Å²) in [6.45, 7) is 4.11. The molecule has 1 atom stereocenters. The first-order chi connectivity index (χ1) is 9.94. The van der Waals surface area contributed by atoms with Crippen molar-refractivity contribution in [1.29, 1.82) is 0 Å². The quantitative estimate of drug-likeness (QED) is 0.362. The van der Waals surface area contributed by atoms with E-state index in [9.17, 15) is 9.18 Å². The van der Waals surface area contributed by atoms with Crippen molar-refractivity contribution in [2.75, 3.05) is 20.2 Å². The van der Waals surface area contributed by atoms with E-state index in [1.54, 1.807) is 13.8 Å². The molecule has 1 aromatic rings. The zero-order valence-corrected chi connectivity index (χ0v) is 12.3. The Morgan fingerprint density at radius 3 is 2.71 bits per heavy atom. The van der Waals surface area contributed by atoms with Crippen LogP contribution in [0.4, 0.5) is 4.39 Å². The van der Waals surface area contributed by atoms with E-state index in [0.717, 1.165) is 6.07 Å². The molecule has 0 aliphatic heterocycles. The Kier molecular flexibility index (Phi) is 5.95. The average molecular weight is 297 g/mol. The van der Waals surface area contributed by atoms with E-state index in [1.165, 1.54) is 24.1 Å². The predicted molar refractivity (Wildman–Crippen MR) is 77.1 cm³/mol. The average Bonchev–Trinajstić information content (AvgIpc) is 2.50. The number of methoxy groups -OCH3 is 1. The molecule has 0 saturated heterocycles. The summed E-state index contributed by atoms with van der Waals surface area (Å²) in [4.78, 5) is 13.8. The van der Waals surface area contributed by atoms with Crippen LogP contribution in [0.25, 0.3) is 0 Å². The second kappa shape index (κ2) is 7.47. The number of carbonyl (C=O) groups excluding carboxylic acids is 1. The maximum absolute atomic E-state index is 13.9. The summed E-state index contributed by atoms with van der Waals surface area (Å²) in [7, 11) is 1.42. The molecule has 7 heteroatoms. The van der Waals surface area contributed by atoms with Gasteiger partial charge in [-0.05, 0) is 19.1 Å². The van der Waals surface area contributed by atoms with Gasteiger partial charge in [-0.15, -0.1) is 0 Å². The van der Waals surface area contributed by atoms with Crippen molar-refractivity contribution in [2.45, 2.75) is 13.8 Å². The molecule has 1 rings (SSSR count). The van der Waals surface area contributed by atoms with Crippen molar-refractivity contribution in [1.82, 2.24) is 4.90 Å². The van der Waals surface area contributed by atoms with Crippen LogP contribution >= 0.6 is 0 Å². The normalized spacial score (nSPS) is 12.9. The van der Waals surface area contributed by atoms with E-state index in [2.05, 4.69) is 5.16 Å². The smallest absolute Gasteiger partial charge is 0.256 e. The van der Waals surface area contributed by atoms with E-state index < -0.39 is 11.7 Å². The van der Waals surface area contributed by atoms with Crippen molar-refractivity contribution in [3.8, 4) is 5.75 Å². The highest BCUT2D eigenvalue weighted by atomic mass is 19.1. The van der Waals surface area contributed by atoms with Gasteiger partial charge in [0.15, 0.2) is 0 Å². The van der Waals surface area contributed by atoms with Gasteiger partial charge in [0.25, 0.3) is 5.91 Å². The molecule has 116 valence electrons. The second-order valence-electron chi connectivity index (χ2n) is 4.62. The fraction of sp³-hybridized carbons (Fsp3) is 0.429. The fourth-order valence-corrected chi connectivity index (χ4v) is 1.84. The summed E-state index contributed by atoms with van der Waals surface area (Å²) in [5.41, 5.74) is 5.46. The van der Waals surface area contributed by atoms with Crippen molar-refractivity contribution in [3.05, 3.63) is 29.6 Å².